The summed E-state index contributed by atoms with van der Waals surface area (Å²) in [6, 6.07) is 13.6. The number of nitrogens with zero attached hydrogens (tertiary/aromatic N) is 4. The van der Waals surface area contributed by atoms with E-state index in [4.69, 9.17) is 10.5 Å². The van der Waals surface area contributed by atoms with Gasteiger partial charge in [-0.05, 0) is 30.2 Å². The predicted molar refractivity (Wildman–Crippen MR) is 131 cm³/mol. The second kappa shape index (κ2) is 10.6. The molecule has 4 N–H and O–H groups in total. The highest BCUT2D eigenvalue weighted by atomic mass is 16.5. The molecule has 0 aliphatic carbocycles. The zero-order chi connectivity index (χ0) is 25.1. The van der Waals surface area contributed by atoms with Crippen molar-refractivity contribution < 1.29 is 19.4 Å². The molecule has 188 valence electrons. The fourth-order valence-corrected chi connectivity index (χ4v) is 5.02. The van der Waals surface area contributed by atoms with Crippen molar-refractivity contribution >= 4 is 11.8 Å². The molecule has 2 amide bonds. The third-order valence-corrected chi connectivity index (χ3v) is 6.88. The number of pyridine rings is 1. The van der Waals surface area contributed by atoms with Crippen LogP contribution in [0.1, 0.15) is 21.6 Å². The lowest BCUT2D eigenvalue weighted by Gasteiger charge is -2.22. The van der Waals surface area contributed by atoms with Crippen LogP contribution >= 0.6 is 0 Å². The minimum absolute atomic E-state index is 0.237. The number of carbonyl (C=O) groups is 2. The predicted octanol–water partition coefficient (Wildman–Crippen LogP) is 0.533. The zero-order valence-electron chi connectivity index (χ0n) is 19.9. The van der Waals surface area contributed by atoms with Crippen LogP contribution in [-0.4, -0.2) is 75.0 Å². The number of primary amides is 1. The van der Waals surface area contributed by atoms with Crippen molar-refractivity contribution in [1.82, 2.24) is 25.0 Å². The van der Waals surface area contributed by atoms with E-state index in [1.54, 1.807) is 29.2 Å². The lowest BCUT2D eigenvalue weighted by Crippen LogP contribution is -2.50. The second-order valence-corrected chi connectivity index (χ2v) is 9.49. The van der Waals surface area contributed by atoms with Crippen LogP contribution in [0, 0.1) is 11.8 Å². The van der Waals surface area contributed by atoms with Gasteiger partial charge in [0.25, 0.3) is 5.91 Å². The highest BCUT2D eigenvalue weighted by Crippen LogP contribution is 2.29. The van der Waals surface area contributed by atoms with E-state index in [1.807, 2.05) is 36.4 Å². The van der Waals surface area contributed by atoms with Crippen molar-refractivity contribution in [2.24, 2.45) is 17.6 Å². The van der Waals surface area contributed by atoms with Crippen molar-refractivity contribution in [1.29, 1.82) is 0 Å². The van der Waals surface area contributed by atoms with Crippen molar-refractivity contribution in [3.05, 3.63) is 77.7 Å². The number of ether oxygens (including phenoxy) is 1. The Morgan fingerprint density at radius 3 is 2.58 bits per heavy atom. The Morgan fingerprint density at radius 2 is 1.86 bits per heavy atom. The summed E-state index contributed by atoms with van der Waals surface area (Å²) in [7, 11) is 0. The van der Waals surface area contributed by atoms with Crippen molar-refractivity contribution in [3.8, 4) is 5.82 Å². The summed E-state index contributed by atoms with van der Waals surface area (Å²) < 4.78 is 7.15. The van der Waals surface area contributed by atoms with E-state index in [1.165, 1.54) is 0 Å². The smallest absolute Gasteiger partial charge is 0.255 e. The number of likely N-dealkylation sites (tertiary alicyclic amines) is 1. The SMILES string of the molecule is NC(=O)C(O)C(Cc1ccccc1)NC(=O)c1cccnc1-n1ccc(CN2CC3COCC3C2)n1. The molecule has 0 bridgehead atoms. The van der Waals surface area contributed by atoms with Crippen molar-refractivity contribution in [2.75, 3.05) is 26.3 Å². The van der Waals surface area contributed by atoms with Crippen LogP contribution in [0.25, 0.3) is 5.82 Å². The molecule has 2 aliphatic heterocycles. The molecule has 36 heavy (non-hydrogen) atoms. The minimum atomic E-state index is -1.55. The summed E-state index contributed by atoms with van der Waals surface area (Å²) in [5.74, 6) is 0.163. The van der Waals surface area contributed by atoms with Crippen LogP contribution in [0.15, 0.2) is 60.9 Å². The first kappa shape index (κ1) is 24.1. The van der Waals surface area contributed by atoms with Gasteiger partial charge in [-0.3, -0.25) is 14.5 Å². The summed E-state index contributed by atoms with van der Waals surface area (Å²) in [5.41, 5.74) is 7.36. The van der Waals surface area contributed by atoms with Crippen molar-refractivity contribution in [2.45, 2.75) is 25.1 Å². The maximum atomic E-state index is 13.3. The van der Waals surface area contributed by atoms with Gasteiger partial charge in [-0.15, -0.1) is 0 Å². The molecule has 4 heterocycles. The summed E-state index contributed by atoms with van der Waals surface area (Å²) in [6.45, 7) is 4.38. The Labute approximate surface area is 209 Å². The average Bonchev–Trinajstić information content (AvgIpc) is 3.61. The minimum Gasteiger partial charge on any atom is -0.381 e. The monoisotopic (exact) mass is 490 g/mol. The van der Waals surface area contributed by atoms with Gasteiger partial charge in [-0.1, -0.05) is 30.3 Å². The number of fused-ring (bicyclic) bond motifs is 1. The van der Waals surface area contributed by atoms with E-state index in [2.05, 4.69) is 20.3 Å². The first-order valence-electron chi connectivity index (χ1n) is 12.1. The standard InChI is InChI=1S/C26H30N6O4/c27-24(34)23(33)22(11-17-5-2-1-3-6-17)29-26(35)21-7-4-9-28-25(21)32-10-8-20(30-32)14-31-12-18-15-36-16-19(18)13-31/h1-10,18-19,22-23,33H,11-16H2,(H2,27,34)(H,29,35). The number of aromatic nitrogens is 3. The quantitative estimate of drug-likeness (QED) is 0.398. The molecular weight excluding hydrogens is 460 g/mol. The molecule has 10 nitrogen and oxygen atoms in total. The first-order chi connectivity index (χ1) is 17.5. The number of nitrogens with two attached hydrogens (primary N) is 1. The number of nitrogens with one attached hydrogen (secondary N) is 1. The Morgan fingerprint density at radius 1 is 1.11 bits per heavy atom. The Bertz CT molecular complexity index is 1200. The molecule has 5 rings (SSSR count). The van der Waals surface area contributed by atoms with Gasteiger partial charge in [0.2, 0.25) is 5.91 Å². The Balaban J connectivity index is 1.31. The fraction of sp³-hybridized carbons (Fsp3) is 0.385. The van der Waals surface area contributed by atoms with E-state index in [0.717, 1.165) is 44.1 Å². The van der Waals surface area contributed by atoms with E-state index in [0.29, 0.717) is 17.7 Å². The Kier molecular flexibility index (Phi) is 7.08. The number of aliphatic hydroxyl groups excluding tert-OH is 1. The maximum Gasteiger partial charge on any atom is 0.255 e. The number of hydrogen-bond donors (Lipinski definition) is 3. The summed E-state index contributed by atoms with van der Waals surface area (Å²) in [5, 5.41) is 17.8. The number of carbonyl (C=O) groups excluding carboxylic acids is 2. The van der Waals surface area contributed by atoms with Crippen LogP contribution in [0.5, 0.6) is 0 Å². The van der Waals surface area contributed by atoms with Gasteiger partial charge in [0.05, 0.1) is 30.5 Å². The van der Waals surface area contributed by atoms with Crippen LogP contribution in [-0.2, 0) is 22.5 Å². The first-order valence-corrected chi connectivity index (χ1v) is 12.1. The van der Waals surface area contributed by atoms with E-state index >= 15 is 0 Å². The van der Waals surface area contributed by atoms with E-state index in [9.17, 15) is 14.7 Å². The summed E-state index contributed by atoms with van der Waals surface area (Å²) in [4.78, 5) is 31.8. The molecule has 3 aromatic rings. The van der Waals surface area contributed by atoms with Crippen molar-refractivity contribution in [3.63, 3.8) is 0 Å². The fourth-order valence-electron chi connectivity index (χ4n) is 5.02. The summed E-state index contributed by atoms with van der Waals surface area (Å²) in [6.07, 6.45) is 2.07. The van der Waals surface area contributed by atoms with E-state index < -0.39 is 24.0 Å². The average molecular weight is 491 g/mol. The van der Waals surface area contributed by atoms with Gasteiger partial charge in [0.15, 0.2) is 11.9 Å². The van der Waals surface area contributed by atoms with Crippen LogP contribution in [0.2, 0.25) is 0 Å². The highest BCUT2D eigenvalue weighted by Gasteiger charge is 2.37. The Hall–Kier alpha value is -3.60. The third kappa shape index (κ3) is 5.30. The molecular formula is C26H30N6O4. The maximum absolute atomic E-state index is 13.3. The van der Waals surface area contributed by atoms with Gasteiger partial charge in [-0.2, -0.15) is 5.10 Å². The molecule has 2 aromatic heterocycles. The number of hydrogen-bond acceptors (Lipinski definition) is 7. The lowest BCUT2D eigenvalue weighted by molar-refractivity contribution is -0.127. The molecule has 2 aliphatic rings. The topological polar surface area (TPSA) is 136 Å². The van der Waals surface area contributed by atoms with Gasteiger partial charge in [0, 0.05) is 43.9 Å². The lowest BCUT2D eigenvalue weighted by atomic mass is 10.0. The van der Waals surface area contributed by atoms with Gasteiger partial charge >= 0.3 is 0 Å². The molecule has 10 heteroatoms. The molecule has 1 aromatic carbocycles. The van der Waals surface area contributed by atoms with Gasteiger partial charge in [-0.25, -0.2) is 9.67 Å². The van der Waals surface area contributed by atoms with Crippen LogP contribution in [0.3, 0.4) is 0 Å². The van der Waals surface area contributed by atoms with Gasteiger partial charge in [0.1, 0.15) is 0 Å². The normalized spacial score (nSPS) is 21.1. The summed E-state index contributed by atoms with van der Waals surface area (Å²) >= 11 is 0. The van der Waals surface area contributed by atoms with Crippen LogP contribution in [0.4, 0.5) is 0 Å². The molecule has 0 spiro atoms. The molecule has 0 saturated carbocycles. The number of amides is 2. The third-order valence-electron chi connectivity index (χ3n) is 6.88. The molecule has 0 radical (unpaired) electrons. The second-order valence-electron chi connectivity index (χ2n) is 9.49. The largest absolute Gasteiger partial charge is 0.381 e. The highest BCUT2D eigenvalue weighted by molar-refractivity contribution is 5.97. The molecule has 2 fully saturated rings. The molecule has 4 unspecified atom stereocenters. The molecule has 4 atom stereocenters. The number of benzene rings is 1. The zero-order valence-corrected chi connectivity index (χ0v) is 19.9. The van der Waals surface area contributed by atoms with Crippen LogP contribution < -0.4 is 11.1 Å². The number of aliphatic hydroxyl groups is 1. The van der Waals surface area contributed by atoms with E-state index in [-0.39, 0.29) is 12.0 Å². The number of rotatable bonds is 9. The molecule has 2 saturated heterocycles. The van der Waals surface area contributed by atoms with Gasteiger partial charge < -0.3 is 20.9 Å².